The lowest BCUT2D eigenvalue weighted by Gasteiger charge is -2.36. The molecule has 2 aliphatic rings. The second-order valence-corrected chi connectivity index (χ2v) is 27.7. The SMILES string of the molecule is CCCC(=O)c1cc(F)c(N2CCN(C(=O)c3ccccc3F)CC2)cc1C.Cc1ccc(C(=O)Nc2nnc(CCNc3ccc4ccccc4c3)s2)cc1.Cc1ccc(CCC(=O)C2CCN(Cc3ccccc3)CC2)cc1.Cc1cccc(OCC(=O)Nc2ccccc2C(=O)Nc2ccccc2)c1. The standard InChI is InChI=1S/C22H24F2N2O2.C22H20N4OS.C22H20N2O3.C22H27NO/c1-3-6-21(27)17-14-19(24)20(13-15(17)2)25-9-11-26(12-10-25)22(28)16-7-4-5-8-18(16)23;1-15-6-8-17(9-7-15)21(27)24-22-26-25-20(28-22)12-13-23-19-11-10-16-4-2-3-5-18(16)14-19;1-16-8-7-11-18(14-16)27-15-21(25)24-20-13-6-5-12-19(20)22(26)23-17-9-3-2-4-10-17;1-18-7-9-19(10-8-18)11-12-22(24)21-13-15-23(16-14-21)17-20-5-3-2-4-6-20/h4-5,7-8,13-14H,3,6,9-12H2,1-2H3;2-11,14,23H,12-13H2,1H3,(H,24,26,27);2-14H,15H2,1H3,(H,23,26)(H,24,25);2-10,21H,11-17H2,1H3. The van der Waals surface area contributed by atoms with Crippen LogP contribution in [0.3, 0.4) is 0 Å². The van der Waals surface area contributed by atoms with Crippen molar-refractivity contribution < 1.29 is 42.3 Å². The van der Waals surface area contributed by atoms with Crippen molar-refractivity contribution in [2.24, 2.45) is 5.92 Å². The summed E-state index contributed by atoms with van der Waals surface area (Å²) in [5, 5.41) is 23.9. The number of likely N-dealkylation sites (tertiary alicyclic amines) is 1. The zero-order valence-corrected chi connectivity index (χ0v) is 62.0. The van der Waals surface area contributed by atoms with Gasteiger partial charge in [-0.2, -0.15) is 0 Å². The summed E-state index contributed by atoms with van der Waals surface area (Å²) in [5.41, 5.74) is 10.9. The average Bonchev–Trinajstić information content (AvgIpc) is 1.45. The van der Waals surface area contributed by atoms with Gasteiger partial charge in [0, 0.05) is 87.0 Å². The zero-order valence-electron chi connectivity index (χ0n) is 61.2. The molecule has 10 aromatic carbocycles. The molecule has 0 spiro atoms. The number of halogens is 2. The number of ketones is 2. The van der Waals surface area contributed by atoms with Crippen molar-refractivity contribution in [2.75, 3.05) is 78.6 Å². The van der Waals surface area contributed by atoms with Gasteiger partial charge in [0.15, 0.2) is 12.4 Å². The minimum atomic E-state index is -0.538. The maximum Gasteiger partial charge on any atom is 0.262 e. The van der Waals surface area contributed by atoms with Gasteiger partial charge < -0.3 is 30.5 Å². The van der Waals surface area contributed by atoms with Crippen molar-refractivity contribution in [3.8, 4) is 5.75 Å². The first kappa shape index (κ1) is 78.1. The molecule has 11 aromatic rings. The largest absolute Gasteiger partial charge is 0.484 e. The molecule has 2 fully saturated rings. The van der Waals surface area contributed by atoms with Crippen LogP contribution >= 0.6 is 11.3 Å². The summed E-state index contributed by atoms with van der Waals surface area (Å²) in [6.45, 7) is 15.1. The van der Waals surface area contributed by atoms with E-state index < -0.39 is 11.6 Å². The number of nitrogens with zero attached hydrogens (tertiary/aromatic N) is 5. The molecule has 550 valence electrons. The lowest BCUT2D eigenvalue weighted by molar-refractivity contribution is -0.124. The molecule has 2 aliphatic heterocycles. The summed E-state index contributed by atoms with van der Waals surface area (Å²) in [6, 6.07) is 73.6. The minimum Gasteiger partial charge on any atom is -0.484 e. The number of piperazine rings is 1. The molecule has 16 nitrogen and oxygen atoms in total. The first-order valence-electron chi connectivity index (χ1n) is 36.3. The Morgan fingerprint density at radius 3 is 1.88 bits per heavy atom. The van der Waals surface area contributed by atoms with Crippen molar-refractivity contribution in [1.29, 1.82) is 0 Å². The number of anilines is 5. The lowest BCUT2D eigenvalue weighted by atomic mass is 9.89. The van der Waals surface area contributed by atoms with Gasteiger partial charge in [0.25, 0.3) is 23.6 Å². The minimum absolute atomic E-state index is 0.0502. The summed E-state index contributed by atoms with van der Waals surface area (Å²) in [4.78, 5) is 80.1. The Bertz CT molecular complexity index is 4780. The fourth-order valence-corrected chi connectivity index (χ4v) is 13.2. The number of amides is 4. The van der Waals surface area contributed by atoms with E-state index in [1.165, 1.54) is 57.0 Å². The number of fused-ring (bicyclic) bond motifs is 1. The number of nitrogens with one attached hydrogen (secondary N) is 4. The van der Waals surface area contributed by atoms with Crippen LogP contribution in [0.5, 0.6) is 5.75 Å². The molecule has 2 saturated heterocycles. The first-order valence-corrected chi connectivity index (χ1v) is 37.1. The van der Waals surface area contributed by atoms with Gasteiger partial charge in [0.05, 0.1) is 22.5 Å². The van der Waals surface area contributed by atoms with Gasteiger partial charge in [-0.3, -0.25) is 39.0 Å². The molecule has 4 N–H and O–H groups in total. The van der Waals surface area contributed by atoms with E-state index in [4.69, 9.17) is 4.74 Å². The number of rotatable bonds is 23. The molecular weight excluding hydrogens is 1370 g/mol. The third-order valence-electron chi connectivity index (χ3n) is 18.4. The fraction of sp³-hybridized carbons (Fsp3) is 0.250. The molecule has 3 heterocycles. The van der Waals surface area contributed by atoms with E-state index in [9.17, 15) is 37.5 Å². The highest BCUT2D eigenvalue weighted by Gasteiger charge is 2.28. The fourth-order valence-electron chi connectivity index (χ4n) is 12.5. The van der Waals surface area contributed by atoms with E-state index in [1.54, 1.807) is 77.7 Å². The molecule has 4 amide bonds. The number of hydrogen-bond donors (Lipinski definition) is 4. The number of carbonyl (C=O) groups is 6. The first-order chi connectivity index (χ1) is 51.9. The number of hydrogen-bond acceptors (Lipinski definition) is 13. The van der Waals surface area contributed by atoms with Crippen LogP contribution in [-0.2, 0) is 29.0 Å². The summed E-state index contributed by atoms with van der Waals surface area (Å²) in [7, 11) is 0. The predicted molar refractivity (Wildman–Crippen MR) is 425 cm³/mol. The molecule has 0 aliphatic carbocycles. The van der Waals surface area contributed by atoms with Crippen molar-refractivity contribution in [3.63, 3.8) is 0 Å². The third kappa shape index (κ3) is 23.7. The Balaban J connectivity index is 0.000000153. The van der Waals surface area contributed by atoms with Crippen molar-refractivity contribution in [3.05, 3.63) is 309 Å². The Kier molecular flexibility index (Phi) is 28.8. The van der Waals surface area contributed by atoms with Gasteiger partial charge in [-0.15, -0.1) is 10.2 Å². The average molecular weight is 1460 g/mol. The molecule has 1 aromatic heterocycles. The van der Waals surface area contributed by atoms with E-state index in [-0.39, 0.29) is 47.5 Å². The molecule has 0 unspecified atom stereocenters. The molecule has 0 radical (unpaired) electrons. The second-order valence-electron chi connectivity index (χ2n) is 26.6. The number of carbonyl (C=O) groups excluding carboxylic acids is 6. The summed E-state index contributed by atoms with van der Waals surface area (Å²) < 4.78 is 34.0. The molecule has 0 atom stereocenters. The molecule has 13 rings (SSSR count). The highest BCUT2D eigenvalue weighted by Crippen LogP contribution is 2.29. The molecule has 19 heteroatoms. The van der Waals surface area contributed by atoms with Gasteiger partial charge in [0.1, 0.15) is 28.2 Å². The van der Waals surface area contributed by atoms with Crippen LogP contribution < -0.4 is 30.9 Å². The van der Waals surface area contributed by atoms with Crippen LogP contribution in [0, 0.1) is 45.2 Å². The number of aromatic nitrogens is 2. The van der Waals surface area contributed by atoms with Crippen LogP contribution in [0.15, 0.2) is 237 Å². The molecular formula is C88H91F2N9O7S. The Hall–Kier alpha value is -11.5. The highest BCUT2D eigenvalue weighted by molar-refractivity contribution is 7.15. The Labute approximate surface area is 629 Å². The van der Waals surface area contributed by atoms with E-state index in [1.807, 2.05) is 93.3 Å². The van der Waals surface area contributed by atoms with Crippen molar-refractivity contribution >= 4 is 85.2 Å². The highest BCUT2D eigenvalue weighted by atomic mass is 32.1. The third-order valence-corrected chi connectivity index (χ3v) is 19.3. The van der Waals surface area contributed by atoms with Gasteiger partial charge in [-0.05, 0) is 184 Å². The quantitative estimate of drug-likeness (QED) is 0.0443. The molecule has 107 heavy (non-hydrogen) atoms. The van der Waals surface area contributed by atoms with E-state index in [0.717, 1.165) is 85.7 Å². The number of piperidine rings is 1. The van der Waals surface area contributed by atoms with Crippen LogP contribution in [0.25, 0.3) is 10.8 Å². The lowest BCUT2D eigenvalue weighted by Crippen LogP contribution is -2.49. The van der Waals surface area contributed by atoms with E-state index >= 15 is 0 Å². The van der Waals surface area contributed by atoms with Crippen LogP contribution in [0.2, 0.25) is 0 Å². The van der Waals surface area contributed by atoms with Gasteiger partial charge in [0.2, 0.25) is 5.13 Å². The van der Waals surface area contributed by atoms with Crippen molar-refractivity contribution in [1.82, 2.24) is 20.0 Å². The summed E-state index contributed by atoms with van der Waals surface area (Å²) >= 11 is 1.40. The normalized spacial score (nSPS) is 12.7. The van der Waals surface area contributed by atoms with E-state index in [0.29, 0.717) is 89.4 Å². The second kappa shape index (κ2) is 39.5. The van der Waals surface area contributed by atoms with Crippen LogP contribution in [-0.4, -0.2) is 108 Å². The number of benzene rings is 10. The van der Waals surface area contributed by atoms with Gasteiger partial charge >= 0.3 is 0 Å². The van der Waals surface area contributed by atoms with Crippen LogP contribution in [0.4, 0.5) is 36.7 Å². The maximum atomic E-state index is 14.7. The number of para-hydroxylation sites is 2. The molecule has 0 saturated carbocycles. The van der Waals surface area contributed by atoms with Gasteiger partial charge in [-0.1, -0.05) is 181 Å². The monoisotopic (exact) mass is 1460 g/mol. The topological polar surface area (TPSA) is 195 Å². The smallest absolute Gasteiger partial charge is 0.262 e. The van der Waals surface area contributed by atoms with Crippen molar-refractivity contribution in [2.45, 2.75) is 86.1 Å². The Morgan fingerprint density at radius 2 is 1.18 bits per heavy atom. The summed E-state index contributed by atoms with van der Waals surface area (Å²) in [6.07, 6.45) is 5.45. The molecule has 0 bridgehead atoms. The van der Waals surface area contributed by atoms with E-state index in [2.05, 4.69) is 128 Å². The van der Waals surface area contributed by atoms with Gasteiger partial charge in [-0.25, -0.2) is 8.78 Å². The zero-order chi connectivity index (χ0) is 75.4. The predicted octanol–water partition coefficient (Wildman–Crippen LogP) is 17.8. The number of ether oxygens (including phenoxy) is 1. The number of aryl methyl sites for hydroxylation is 5. The van der Waals surface area contributed by atoms with Crippen LogP contribution in [0.1, 0.15) is 119 Å². The Morgan fingerprint density at radius 1 is 0.523 bits per heavy atom. The summed E-state index contributed by atoms with van der Waals surface area (Å²) in [5.74, 6) is -0.827. The maximum absolute atomic E-state index is 14.7. The number of Topliss-reactive ketones (excluding diaryl/α,β-unsaturated/α-hetero) is 2.